The minimum absolute atomic E-state index is 0.422. The van der Waals surface area contributed by atoms with Crippen LogP contribution in [0.2, 0.25) is 0 Å². The molecule has 0 spiro atoms. The van der Waals surface area contributed by atoms with Crippen molar-refractivity contribution in [3.05, 3.63) is 0 Å². The van der Waals surface area contributed by atoms with Gasteiger partial charge in [-0.3, -0.25) is 13.6 Å². The molecule has 0 aliphatic rings. The van der Waals surface area contributed by atoms with Crippen LogP contribution in [-0.2, 0) is 18.1 Å². The third kappa shape index (κ3) is 16.8. The Bertz CT molecular complexity index is 379. The first-order valence-corrected chi connectivity index (χ1v) is 14.5. The number of hydrogen-bond donors (Lipinski definition) is 0. The van der Waals surface area contributed by atoms with Crippen LogP contribution in [0.5, 0.6) is 0 Å². The molecule has 182 valence electrons. The third-order valence-electron chi connectivity index (χ3n) is 6.02. The van der Waals surface area contributed by atoms with Gasteiger partial charge in [-0.2, -0.15) is 0 Å². The molecule has 0 heterocycles. The summed E-state index contributed by atoms with van der Waals surface area (Å²) in [6, 6.07) is 0. The molecule has 2 unspecified atom stereocenters. The molecule has 0 fully saturated rings. The highest BCUT2D eigenvalue weighted by Crippen LogP contribution is 2.50. The molecule has 2 atom stereocenters. The molecular weight excluding hydrogens is 395 g/mol. The summed E-state index contributed by atoms with van der Waals surface area (Å²) in [5, 5.41) is 0. The fraction of sp³-hybridized carbons (Fsp3) is 1.00. The topological polar surface area (TPSA) is 44.8 Å². The van der Waals surface area contributed by atoms with Gasteiger partial charge in [0.1, 0.15) is 0 Å². The molecule has 0 saturated carbocycles. The van der Waals surface area contributed by atoms with Gasteiger partial charge in [-0.15, -0.1) is 0 Å². The van der Waals surface area contributed by atoms with Gasteiger partial charge in [-0.25, -0.2) is 4.57 Å². The highest BCUT2D eigenvalue weighted by atomic mass is 31.2. The van der Waals surface area contributed by atoms with Crippen molar-refractivity contribution in [3.63, 3.8) is 0 Å². The predicted molar refractivity (Wildman–Crippen MR) is 130 cm³/mol. The van der Waals surface area contributed by atoms with Crippen molar-refractivity contribution in [1.29, 1.82) is 0 Å². The molecule has 5 heteroatoms. The first-order valence-electron chi connectivity index (χ1n) is 13.1. The predicted octanol–water partition coefficient (Wildman–Crippen LogP) is 9.33. The standard InChI is InChI=1S/C25H53O4P/c1-6-11-14-15-16-17-18-21-27-30(26,28-22-24(9-4)19-12-7-2)29-23-25(10-5)20-13-8-3/h24-25H,6-23H2,1-5H3. The second-order valence-corrected chi connectivity index (χ2v) is 10.5. The number of phosphoric acid groups is 1. The van der Waals surface area contributed by atoms with E-state index >= 15 is 0 Å². The Hall–Kier alpha value is 0.110. The van der Waals surface area contributed by atoms with Crippen molar-refractivity contribution >= 4 is 7.82 Å². The van der Waals surface area contributed by atoms with E-state index in [-0.39, 0.29) is 0 Å². The molecule has 0 aromatic rings. The molecule has 0 aliphatic heterocycles. The van der Waals surface area contributed by atoms with Gasteiger partial charge in [0.25, 0.3) is 0 Å². The number of rotatable bonds is 23. The summed E-state index contributed by atoms with van der Waals surface area (Å²) in [7, 11) is -3.48. The van der Waals surface area contributed by atoms with Crippen LogP contribution < -0.4 is 0 Å². The molecule has 0 radical (unpaired) electrons. The Morgan fingerprint density at radius 3 is 1.43 bits per heavy atom. The van der Waals surface area contributed by atoms with Crippen molar-refractivity contribution in [3.8, 4) is 0 Å². The van der Waals surface area contributed by atoms with Crippen molar-refractivity contribution in [2.45, 2.75) is 131 Å². The summed E-state index contributed by atoms with van der Waals surface area (Å²) in [6.45, 7) is 12.4. The van der Waals surface area contributed by atoms with E-state index in [4.69, 9.17) is 13.6 Å². The maximum atomic E-state index is 13.3. The van der Waals surface area contributed by atoms with Gasteiger partial charge in [0.2, 0.25) is 0 Å². The van der Waals surface area contributed by atoms with Gasteiger partial charge in [0.15, 0.2) is 0 Å². The Balaban J connectivity index is 4.55. The minimum atomic E-state index is -3.48. The molecule has 0 aliphatic carbocycles. The third-order valence-corrected chi connectivity index (χ3v) is 7.45. The largest absolute Gasteiger partial charge is 0.474 e. The van der Waals surface area contributed by atoms with E-state index in [9.17, 15) is 4.57 Å². The van der Waals surface area contributed by atoms with Gasteiger partial charge >= 0.3 is 7.82 Å². The van der Waals surface area contributed by atoms with Crippen molar-refractivity contribution in [2.75, 3.05) is 19.8 Å². The fourth-order valence-corrected chi connectivity index (χ4v) is 4.90. The van der Waals surface area contributed by atoms with Crippen molar-refractivity contribution < 1.29 is 18.1 Å². The van der Waals surface area contributed by atoms with E-state index in [2.05, 4.69) is 34.6 Å². The molecule has 0 aromatic carbocycles. The lowest BCUT2D eigenvalue weighted by molar-refractivity contribution is 0.0832. The Kier molecular flexibility index (Phi) is 21.1. The number of hydrogen-bond acceptors (Lipinski definition) is 4. The van der Waals surface area contributed by atoms with Crippen LogP contribution in [0.3, 0.4) is 0 Å². The smallest absolute Gasteiger partial charge is 0.287 e. The van der Waals surface area contributed by atoms with Gasteiger partial charge in [-0.05, 0) is 31.1 Å². The zero-order valence-corrected chi connectivity index (χ0v) is 21.9. The van der Waals surface area contributed by atoms with Crippen LogP contribution in [-0.4, -0.2) is 19.8 Å². The van der Waals surface area contributed by atoms with Crippen LogP contribution >= 0.6 is 7.82 Å². The second kappa shape index (κ2) is 21.0. The summed E-state index contributed by atoms with van der Waals surface area (Å²) in [6.07, 6.45) is 17.4. The molecule has 0 N–H and O–H groups in total. The Morgan fingerprint density at radius 1 is 0.567 bits per heavy atom. The fourth-order valence-electron chi connectivity index (χ4n) is 3.54. The molecular formula is C25H53O4P. The quantitative estimate of drug-likeness (QED) is 0.115. The van der Waals surface area contributed by atoms with Crippen LogP contribution in [0.1, 0.15) is 131 Å². The first kappa shape index (κ1) is 30.1. The molecule has 30 heavy (non-hydrogen) atoms. The molecule has 0 aromatic heterocycles. The lowest BCUT2D eigenvalue weighted by atomic mass is 10.0. The summed E-state index contributed by atoms with van der Waals surface area (Å²) in [4.78, 5) is 0. The Labute approximate surface area is 188 Å². The zero-order valence-electron chi connectivity index (χ0n) is 21.0. The van der Waals surface area contributed by atoms with Gasteiger partial charge < -0.3 is 0 Å². The van der Waals surface area contributed by atoms with Crippen molar-refractivity contribution in [2.24, 2.45) is 11.8 Å². The number of unbranched alkanes of at least 4 members (excludes halogenated alkanes) is 8. The molecule has 0 amide bonds. The van der Waals surface area contributed by atoms with Crippen molar-refractivity contribution in [1.82, 2.24) is 0 Å². The maximum absolute atomic E-state index is 13.3. The highest BCUT2D eigenvalue weighted by molar-refractivity contribution is 7.48. The maximum Gasteiger partial charge on any atom is 0.474 e. The van der Waals surface area contributed by atoms with Crippen LogP contribution in [0.4, 0.5) is 0 Å². The first-order chi connectivity index (χ1) is 14.5. The lowest BCUT2D eigenvalue weighted by Gasteiger charge is -2.23. The average molecular weight is 449 g/mol. The average Bonchev–Trinajstić information content (AvgIpc) is 2.76. The zero-order chi connectivity index (χ0) is 22.5. The van der Waals surface area contributed by atoms with E-state index in [1.807, 2.05) is 0 Å². The lowest BCUT2D eigenvalue weighted by Crippen LogP contribution is -2.14. The Morgan fingerprint density at radius 2 is 1.00 bits per heavy atom. The SMILES string of the molecule is CCCCCCCCCOP(=O)(OCC(CC)CCCC)OCC(CC)CCCC. The van der Waals surface area contributed by atoms with E-state index in [0.717, 1.165) is 38.5 Å². The van der Waals surface area contributed by atoms with Crippen LogP contribution in [0, 0.1) is 11.8 Å². The minimum Gasteiger partial charge on any atom is -0.287 e. The van der Waals surface area contributed by atoms with Gasteiger partial charge in [0.05, 0.1) is 19.8 Å². The highest BCUT2D eigenvalue weighted by Gasteiger charge is 2.29. The van der Waals surface area contributed by atoms with Crippen LogP contribution in [0.15, 0.2) is 0 Å². The molecule has 0 rings (SSSR count). The van der Waals surface area contributed by atoms with E-state index < -0.39 is 7.82 Å². The van der Waals surface area contributed by atoms with Crippen LogP contribution in [0.25, 0.3) is 0 Å². The molecule has 0 saturated heterocycles. The number of phosphoric ester groups is 1. The molecule has 0 bridgehead atoms. The molecule has 4 nitrogen and oxygen atoms in total. The normalized spacial score (nSPS) is 15.8. The van der Waals surface area contributed by atoms with E-state index in [1.165, 1.54) is 57.8 Å². The van der Waals surface area contributed by atoms with Gasteiger partial charge in [-0.1, -0.05) is 112 Å². The summed E-state index contributed by atoms with van der Waals surface area (Å²) in [5.41, 5.74) is 0. The van der Waals surface area contributed by atoms with E-state index in [0.29, 0.717) is 31.7 Å². The summed E-state index contributed by atoms with van der Waals surface area (Å²) in [5.74, 6) is 0.845. The van der Waals surface area contributed by atoms with E-state index in [1.54, 1.807) is 0 Å². The monoisotopic (exact) mass is 448 g/mol. The summed E-state index contributed by atoms with van der Waals surface area (Å²) < 4.78 is 30.8. The van der Waals surface area contributed by atoms with Gasteiger partial charge in [0, 0.05) is 0 Å². The summed E-state index contributed by atoms with van der Waals surface area (Å²) >= 11 is 0. The second-order valence-electron chi connectivity index (χ2n) is 8.83.